The zero-order valence-corrected chi connectivity index (χ0v) is 26.4. The lowest BCUT2D eigenvalue weighted by Gasteiger charge is -2.52. The van der Waals surface area contributed by atoms with E-state index in [2.05, 4.69) is 33.6 Å². The van der Waals surface area contributed by atoms with Gasteiger partial charge in [0.1, 0.15) is 6.33 Å². The van der Waals surface area contributed by atoms with Crippen LogP contribution in [0.1, 0.15) is 65.6 Å². The number of carbonyl (C=O) groups excluding carboxylic acids is 1. The van der Waals surface area contributed by atoms with Crippen molar-refractivity contribution in [2.75, 3.05) is 52.7 Å². The largest absolute Gasteiger partial charge is 0.416 e. The second-order valence-electron chi connectivity index (χ2n) is 11.6. The predicted octanol–water partition coefficient (Wildman–Crippen LogP) is 4.00. The number of benzene rings is 1. The van der Waals surface area contributed by atoms with E-state index >= 15 is 0 Å². The highest BCUT2D eigenvalue weighted by Crippen LogP contribution is 2.35. The van der Waals surface area contributed by atoms with Gasteiger partial charge in [-0.2, -0.15) is 21.6 Å². The standard InChI is InChI=1S/C28H38F3N5O2.CH4O3S/c1-19-16-35(14-15-36(19)24(17-38-5)22-6-8-23(9-7-22)28(29,30)31)27(4)10-12-34(13-11-27)26(37)25-20(2)32-18-33-21(25)3;1-5(2,3)4/h6-9,18-19,24H,10-17H2,1-5H3;1H3,(H,2,3,4)/t19-,24-;/m0./s1. The van der Waals surface area contributed by atoms with Crippen molar-refractivity contribution in [3.05, 3.63) is 58.7 Å². The van der Waals surface area contributed by atoms with Crippen molar-refractivity contribution in [2.24, 2.45) is 0 Å². The van der Waals surface area contributed by atoms with Gasteiger partial charge < -0.3 is 9.64 Å². The van der Waals surface area contributed by atoms with Crippen molar-refractivity contribution < 1.29 is 35.7 Å². The average molecular weight is 630 g/mol. The molecule has 0 aliphatic carbocycles. The molecule has 2 aliphatic heterocycles. The molecule has 0 bridgehead atoms. The van der Waals surface area contributed by atoms with Crippen LogP contribution >= 0.6 is 0 Å². The molecule has 0 radical (unpaired) electrons. The van der Waals surface area contributed by atoms with Gasteiger partial charge in [0.15, 0.2) is 0 Å². The fraction of sp³-hybridized carbons (Fsp3) is 0.621. The fourth-order valence-corrected chi connectivity index (χ4v) is 5.93. The van der Waals surface area contributed by atoms with E-state index in [4.69, 9.17) is 9.29 Å². The maximum Gasteiger partial charge on any atom is 0.416 e. The van der Waals surface area contributed by atoms with Crippen molar-refractivity contribution in [3.8, 4) is 0 Å². The second kappa shape index (κ2) is 14.0. The van der Waals surface area contributed by atoms with Crippen molar-refractivity contribution in [2.45, 2.75) is 64.3 Å². The number of amides is 1. The first-order valence-corrected chi connectivity index (χ1v) is 16.0. The lowest BCUT2D eigenvalue weighted by molar-refractivity contribution is -0.137. The maximum absolute atomic E-state index is 13.2. The number of nitrogens with zero attached hydrogens (tertiary/aromatic N) is 5. The molecule has 1 aromatic carbocycles. The summed E-state index contributed by atoms with van der Waals surface area (Å²) in [6, 6.07) is 5.52. The fourth-order valence-electron chi connectivity index (χ4n) is 5.93. The Bertz CT molecular complexity index is 1320. The predicted molar refractivity (Wildman–Crippen MR) is 156 cm³/mol. The van der Waals surface area contributed by atoms with Gasteiger partial charge in [0, 0.05) is 51.4 Å². The lowest BCUT2D eigenvalue weighted by Crippen LogP contribution is -2.62. The van der Waals surface area contributed by atoms with Crippen LogP contribution in [0.3, 0.4) is 0 Å². The van der Waals surface area contributed by atoms with Crippen molar-refractivity contribution in [1.29, 1.82) is 0 Å². The Kier molecular flexibility index (Phi) is 11.3. The number of ether oxygens (including phenoxy) is 1. The van der Waals surface area contributed by atoms with E-state index in [0.717, 1.165) is 50.2 Å². The number of alkyl halides is 3. The van der Waals surface area contributed by atoms with Crippen molar-refractivity contribution >= 4 is 16.0 Å². The molecule has 0 unspecified atom stereocenters. The highest BCUT2D eigenvalue weighted by atomic mass is 32.2. The number of aromatic nitrogens is 2. The van der Waals surface area contributed by atoms with E-state index in [1.54, 1.807) is 19.2 Å². The molecule has 10 nitrogen and oxygen atoms in total. The summed E-state index contributed by atoms with van der Waals surface area (Å²) in [5.41, 5.74) is 2.18. The number of hydrogen-bond acceptors (Lipinski definition) is 8. The van der Waals surface area contributed by atoms with E-state index in [1.165, 1.54) is 6.33 Å². The Morgan fingerprint density at radius 1 is 1.09 bits per heavy atom. The van der Waals surface area contributed by atoms with Crippen LogP contribution in [0.4, 0.5) is 13.2 Å². The topological polar surface area (TPSA) is 116 Å². The first kappa shape index (κ1) is 34.8. The zero-order chi connectivity index (χ0) is 32.2. The first-order chi connectivity index (χ1) is 19.9. The Morgan fingerprint density at radius 2 is 1.63 bits per heavy atom. The van der Waals surface area contributed by atoms with E-state index in [0.29, 0.717) is 42.9 Å². The molecular formula is C29H42F3N5O5S. The van der Waals surface area contributed by atoms with E-state index < -0.39 is 21.9 Å². The van der Waals surface area contributed by atoms with Gasteiger partial charge in [0.2, 0.25) is 0 Å². The Morgan fingerprint density at radius 3 is 2.09 bits per heavy atom. The van der Waals surface area contributed by atoms with Crippen LogP contribution in [-0.4, -0.2) is 108 Å². The third-order valence-corrected chi connectivity index (χ3v) is 8.36. The Balaban J connectivity index is 0.000000934. The maximum atomic E-state index is 13.2. The number of likely N-dealkylation sites (tertiary alicyclic amines) is 1. The highest BCUT2D eigenvalue weighted by Gasteiger charge is 2.41. The number of piperazine rings is 1. The number of methoxy groups -OCH3 is 1. The van der Waals surface area contributed by atoms with Gasteiger partial charge in [0.25, 0.3) is 16.0 Å². The molecule has 1 N–H and O–H groups in total. The van der Waals surface area contributed by atoms with Crippen LogP contribution < -0.4 is 0 Å². The van der Waals surface area contributed by atoms with Gasteiger partial charge in [-0.3, -0.25) is 19.1 Å². The van der Waals surface area contributed by atoms with Gasteiger partial charge in [-0.05, 0) is 58.2 Å². The molecule has 2 atom stereocenters. The van der Waals surface area contributed by atoms with Crippen molar-refractivity contribution in [1.82, 2.24) is 24.7 Å². The van der Waals surface area contributed by atoms with Crippen LogP contribution in [-0.2, 0) is 21.0 Å². The van der Waals surface area contributed by atoms with Gasteiger partial charge in [-0.25, -0.2) is 9.97 Å². The minimum absolute atomic E-state index is 0.000198. The Hall–Kier alpha value is -2.65. The van der Waals surface area contributed by atoms with Crippen LogP contribution in [0.5, 0.6) is 0 Å². The summed E-state index contributed by atoms with van der Waals surface area (Å²) in [7, 11) is -2.04. The summed E-state index contributed by atoms with van der Waals surface area (Å²) in [6.07, 6.45) is -0.400. The summed E-state index contributed by atoms with van der Waals surface area (Å²) in [6.45, 7) is 12.4. The molecule has 2 fully saturated rings. The van der Waals surface area contributed by atoms with E-state index in [9.17, 15) is 26.4 Å². The molecular weight excluding hydrogens is 587 g/mol. The van der Waals surface area contributed by atoms with E-state index in [1.807, 2.05) is 18.7 Å². The van der Waals surface area contributed by atoms with Crippen molar-refractivity contribution in [3.63, 3.8) is 0 Å². The minimum Gasteiger partial charge on any atom is -0.383 e. The van der Waals surface area contributed by atoms with Gasteiger partial charge in [-0.1, -0.05) is 12.1 Å². The summed E-state index contributed by atoms with van der Waals surface area (Å²) >= 11 is 0. The molecule has 1 aromatic heterocycles. The third-order valence-electron chi connectivity index (χ3n) is 8.36. The first-order valence-electron chi connectivity index (χ1n) is 14.1. The van der Waals surface area contributed by atoms with Crippen LogP contribution in [0, 0.1) is 13.8 Å². The molecule has 2 aromatic rings. The normalized spacial score (nSPS) is 20.7. The molecule has 4 rings (SSSR count). The molecule has 14 heteroatoms. The molecule has 0 spiro atoms. The number of aryl methyl sites for hydroxylation is 2. The molecule has 2 aliphatic rings. The van der Waals surface area contributed by atoms with Gasteiger partial charge in [0.05, 0.1) is 41.4 Å². The summed E-state index contributed by atoms with van der Waals surface area (Å²) in [5.74, 6) is -0.000198. The lowest BCUT2D eigenvalue weighted by atomic mass is 9.86. The molecule has 2 saturated heterocycles. The number of hydrogen-bond donors (Lipinski definition) is 1. The number of rotatable bonds is 6. The number of halogens is 3. The summed E-state index contributed by atoms with van der Waals surface area (Å²) < 4.78 is 70.5. The quantitative estimate of drug-likeness (QED) is 0.474. The molecule has 0 saturated carbocycles. The van der Waals surface area contributed by atoms with Gasteiger partial charge >= 0.3 is 6.18 Å². The van der Waals surface area contributed by atoms with Gasteiger partial charge in [-0.15, -0.1) is 0 Å². The molecule has 1 amide bonds. The van der Waals surface area contributed by atoms with Crippen LogP contribution in [0.25, 0.3) is 0 Å². The van der Waals surface area contributed by atoms with Crippen LogP contribution in [0.2, 0.25) is 0 Å². The Labute approximate surface area is 252 Å². The number of piperidine rings is 1. The monoisotopic (exact) mass is 629 g/mol. The average Bonchev–Trinajstić information content (AvgIpc) is 2.91. The zero-order valence-electron chi connectivity index (χ0n) is 25.6. The molecule has 43 heavy (non-hydrogen) atoms. The van der Waals surface area contributed by atoms with Crippen LogP contribution in [0.15, 0.2) is 30.6 Å². The van der Waals surface area contributed by atoms with E-state index in [-0.39, 0.29) is 23.5 Å². The third kappa shape index (κ3) is 9.17. The smallest absolute Gasteiger partial charge is 0.383 e. The highest BCUT2D eigenvalue weighted by molar-refractivity contribution is 7.85. The summed E-state index contributed by atoms with van der Waals surface area (Å²) in [4.78, 5) is 28.4. The molecule has 3 heterocycles. The second-order valence-corrected chi connectivity index (χ2v) is 13.0. The SMILES string of the molecule is COC[C@@H](c1ccc(C(F)(F)F)cc1)N1CCN(C2(C)CCN(C(=O)c3c(C)ncnc3C)CC2)C[C@@H]1C.CS(=O)(=O)O. The minimum atomic E-state index is -4.35. The molecule has 240 valence electrons. The number of carbonyl (C=O) groups is 1. The summed E-state index contributed by atoms with van der Waals surface area (Å²) in [5, 5.41) is 0.